The molecular formula is C16H26N2. The van der Waals surface area contributed by atoms with E-state index in [1.807, 2.05) is 0 Å². The molecule has 1 aromatic rings. The first-order valence-corrected chi connectivity index (χ1v) is 7.12. The molecule has 1 aliphatic heterocycles. The average molecular weight is 246 g/mol. The first-order valence-electron chi connectivity index (χ1n) is 7.12. The minimum Gasteiger partial charge on any atom is -0.368 e. The molecule has 18 heavy (non-hydrogen) atoms. The van der Waals surface area contributed by atoms with Crippen LogP contribution in [-0.2, 0) is 0 Å². The van der Waals surface area contributed by atoms with Crippen LogP contribution < -0.4 is 10.2 Å². The van der Waals surface area contributed by atoms with Gasteiger partial charge < -0.3 is 10.2 Å². The third-order valence-electron chi connectivity index (χ3n) is 3.72. The van der Waals surface area contributed by atoms with Gasteiger partial charge in [0.15, 0.2) is 0 Å². The topological polar surface area (TPSA) is 15.3 Å². The van der Waals surface area contributed by atoms with Crippen LogP contribution >= 0.6 is 0 Å². The molecule has 0 aromatic heterocycles. The molecule has 1 aromatic carbocycles. The Hall–Kier alpha value is -1.02. The minimum absolute atomic E-state index is 0.638. The van der Waals surface area contributed by atoms with E-state index >= 15 is 0 Å². The zero-order valence-corrected chi connectivity index (χ0v) is 12.2. The van der Waals surface area contributed by atoms with Crippen LogP contribution in [-0.4, -0.2) is 25.7 Å². The van der Waals surface area contributed by atoms with Crippen molar-refractivity contribution in [2.45, 2.75) is 40.2 Å². The standard InChI is InChI=1S/C16H26N2/c1-12(2)9-15-11-18(8-7-17-15)16-10-13(3)5-6-14(16)4/h5-6,10,12,15,17H,7-9,11H2,1-4H3. The van der Waals surface area contributed by atoms with Gasteiger partial charge in [0.05, 0.1) is 0 Å². The maximum Gasteiger partial charge on any atom is 0.0399 e. The van der Waals surface area contributed by atoms with Gasteiger partial charge in [-0.3, -0.25) is 0 Å². The summed E-state index contributed by atoms with van der Waals surface area (Å²) in [4.78, 5) is 2.55. The maximum atomic E-state index is 3.64. The smallest absolute Gasteiger partial charge is 0.0399 e. The van der Waals surface area contributed by atoms with Crippen LogP contribution in [0.15, 0.2) is 18.2 Å². The van der Waals surface area contributed by atoms with Crippen molar-refractivity contribution in [3.05, 3.63) is 29.3 Å². The van der Waals surface area contributed by atoms with Gasteiger partial charge in [-0.1, -0.05) is 26.0 Å². The molecule has 0 saturated carbocycles. The highest BCUT2D eigenvalue weighted by atomic mass is 15.2. The molecule has 2 rings (SSSR count). The second-order valence-electron chi connectivity index (χ2n) is 6.02. The third kappa shape index (κ3) is 3.26. The summed E-state index contributed by atoms with van der Waals surface area (Å²) in [6.45, 7) is 12.4. The number of hydrogen-bond acceptors (Lipinski definition) is 2. The van der Waals surface area contributed by atoms with Crippen molar-refractivity contribution in [3.8, 4) is 0 Å². The van der Waals surface area contributed by atoms with E-state index < -0.39 is 0 Å². The number of nitrogens with one attached hydrogen (secondary N) is 1. The summed E-state index contributed by atoms with van der Waals surface area (Å²) in [5, 5.41) is 3.64. The second kappa shape index (κ2) is 5.75. The van der Waals surface area contributed by atoms with Gasteiger partial charge in [-0.15, -0.1) is 0 Å². The van der Waals surface area contributed by atoms with Gasteiger partial charge in [0.1, 0.15) is 0 Å². The summed E-state index contributed by atoms with van der Waals surface area (Å²) in [5.41, 5.74) is 4.17. The van der Waals surface area contributed by atoms with E-state index in [1.165, 1.54) is 23.2 Å². The lowest BCUT2D eigenvalue weighted by Gasteiger charge is -2.37. The van der Waals surface area contributed by atoms with E-state index in [0.29, 0.717) is 6.04 Å². The molecule has 2 heteroatoms. The fourth-order valence-corrected chi connectivity index (χ4v) is 2.83. The number of hydrogen-bond donors (Lipinski definition) is 1. The lowest BCUT2D eigenvalue weighted by atomic mass is 10.0. The molecule has 1 aliphatic rings. The second-order valence-corrected chi connectivity index (χ2v) is 6.02. The fraction of sp³-hybridized carbons (Fsp3) is 0.625. The fourth-order valence-electron chi connectivity index (χ4n) is 2.83. The van der Waals surface area contributed by atoms with Crippen LogP contribution in [0.5, 0.6) is 0 Å². The summed E-state index contributed by atoms with van der Waals surface area (Å²) in [5.74, 6) is 0.765. The van der Waals surface area contributed by atoms with Crippen LogP contribution in [0.3, 0.4) is 0 Å². The number of rotatable bonds is 3. The molecule has 1 N–H and O–H groups in total. The summed E-state index contributed by atoms with van der Waals surface area (Å²) in [6, 6.07) is 7.41. The quantitative estimate of drug-likeness (QED) is 0.881. The maximum absolute atomic E-state index is 3.64. The molecule has 1 unspecified atom stereocenters. The van der Waals surface area contributed by atoms with E-state index in [4.69, 9.17) is 0 Å². The Morgan fingerprint density at radius 3 is 2.83 bits per heavy atom. The SMILES string of the molecule is Cc1ccc(C)c(N2CCNC(CC(C)C)C2)c1. The summed E-state index contributed by atoms with van der Waals surface area (Å²) in [7, 11) is 0. The van der Waals surface area contributed by atoms with Crippen molar-refractivity contribution in [3.63, 3.8) is 0 Å². The molecule has 2 nitrogen and oxygen atoms in total. The van der Waals surface area contributed by atoms with Gasteiger partial charge in [-0.25, -0.2) is 0 Å². The molecule has 1 atom stereocenters. The van der Waals surface area contributed by atoms with Gasteiger partial charge in [0.25, 0.3) is 0 Å². The van der Waals surface area contributed by atoms with Gasteiger partial charge in [-0.2, -0.15) is 0 Å². The Morgan fingerprint density at radius 2 is 2.11 bits per heavy atom. The van der Waals surface area contributed by atoms with Gasteiger partial charge in [-0.05, 0) is 43.4 Å². The van der Waals surface area contributed by atoms with Crippen molar-refractivity contribution in [2.75, 3.05) is 24.5 Å². The first-order chi connectivity index (χ1) is 8.56. The average Bonchev–Trinajstić information content (AvgIpc) is 2.32. The highest BCUT2D eigenvalue weighted by Gasteiger charge is 2.21. The first kappa shape index (κ1) is 13.4. The molecular weight excluding hydrogens is 220 g/mol. The molecule has 0 amide bonds. The van der Waals surface area contributed by atoms with E-state index in [-0.39, 0.29) is 0 Å². The molecule has 0 bridgehead atoms. The van der Waals surface area contributed by atoms with Gasteiger partial charge in [0, 0.05) is 31.4 Å². The largest absolute Gasteiger partial charge is 0.368 e. The van der Waals surface area contributed by atoms with Crippen molar-refractivity contribution in [2.24, 2.45) is 5.92 Å². The molecule has 1 fully saturated rings. The number of anilines is 1. The van der Waals surface area contributed by atoms with E-state index in [2.05, 4.69) is 56.1 Å². The van der Waals surface area contributed by atoms with Crippen molar-refractivity contribution < 1.29 is 0 Å². The predicted molar refractivity (Wildman–Crippen MR) is 79.4 cm³/mol. The Kier molecular flexibility index (Phi) is 4.28. The zero-order valence-electron chi connectivity index (χ0n) is 12.2. The molecule has 0 radical (unpaired) electrons. The van der Waals surface area contributed by atoms with Crippen molar-refractivity contribution in [1.82, 2.24) is 5.32 Å². The molecule has 1 heterocycles. The summed E-state index contributed by atoms with van der Waals surface area (Å²) in [6.07, 6.45) is 1.27. The molecule has 100 valence electrons. The Labute approximate surface area is 111 Å². The van der Waals surface area contributed by atoms with Crippen LogP contribution in [0.2, 0.25) is 0 Å². The number of aryl methyl sites for hydroxylation is 2. The van der Waals surface area contributed by atoms with Crippen LogP contribution in [0, 0.1) is 19.8 Å². The van der Waals surface area contributed by atoms with E-state index in [1.54, 1.807) is 0 Å². The number of nitrogens with zero attached hydrogens (tertiary/aromatic N) is 1. The van der Waals surface area contributed by atoms with Crippen LogP contribution in [0.25, 0.3) is 0 Å². The van der Waals surface area contributed by atoms with E-state index in [0.717, 1.165) is 25.6 Å². The highest BCUT2D eigenvalue weighted by molar-refractivity contribution is 5.55. The summed E-state index contributed by atoms with van der Waals surface area (Å²) < 4.78 is 0. The lowest BCUT2D eigenvalue weighted by Crippen LogP contribution is -2.51. The third-order valence-corrected chi connectivity index (χ3v) is 3.72. The number of piperazine rings is 1. The lowest BCUT2D eigenvalue weighted by molar-refractivity contribution is 0.388. The summed E-state index contributed by atoms with van der Waals surface area (Å²) >= 11 is 0. The number of benzene rings is 1. The minimum atomic E-state index is 0.638. The van der Waals surface area contributed by atoms with Crippen molar-refractivity contribution in [1.29, 1.82) is 0 Å². The van der Waals surface area contributed by atoms with Crippen molar-refractivity contribution >= 4 is 5.69 Å². The Balaban J connectivity index is 2.10. The van der Waals surface area contributed by atoms with Crippen LogP contribution in [0.4, 0.5) is 5.69 Å². The Bertz CT molecular complexity index is 398. The van der Waals surface area contributed by atoms with Gasteiger partial charge in [0.2, 0.25) is 0 Å². The van der Waals surface area contributed by atoms with Crippen LogP contribution in [0.1, 0.15) is 31.4 Å². The van der Waals surface area contributed by atoms with Gasteiger partial charge >= 0.3 is 0 Å². The highest BCUT2D eigenvalue weighted by Crippen LogP contribution is 2.23. The van der Waals surface area contributed by atoms with E-state index in [9.17, 15) is 0 Å². The molecule has 0 spiro atoms. The normalized spacial score (nSPS) is 20.5. The molecule has 0 aliphatic carbocycles. The predicted octanol–water partition coefficient (Wildman–Crippen LogP) is 3.13. The molecule has 1 saturated heterocycles. The zero-order chi connectivity index (χ0) is 13.1. The monoisotopic (exact) mass is 246 g/mol. The Morgan fingerprint density at radius 1 is 1.33 bits per heavy atom.